The number of hydrogen-bond donors (Lipinski definition) is 4. The molecule has 0 heterocycles. The van der Waals surface area contributed by atoms with Gasteiger partial charge in [0, 0.05) is 0 Å². The third kappa shape index (κ3) is 7.51. The smallest absolute Gasteiger partial charge is 1.00 e. The Morgan fingerprint density at radius 3 is 1.56 bits per heavy atom. The molecule has 4 N–H and O–H groups in total. The third-order valence-electron chi connectivity index (χ3n) is 1.60. The summed E-state index contributed by atoms with van der Waals surface area (Å²) in [7, 11) is -4.98. The number of rotatable bonds is 4. The summed E-state index contributed by atoms with van der Waals surface area (Å²) >= 11 is 0. The molecule has 0 fully saturated rings. The number of carboxylic acid groups (broad SMARTS) is 2. The Bertz CT molecular complexity index is 302. The molecule has 11 heteroatoms. The Hall–Kier alpha value is 2.09. The van der Waals surface area contributed by atoms with Gasteiger partial charge in [-0.1, -0.05) is 0 Å². The van der Waals surface area contributed by atoms with Gasteiger partial charge in [0.05, 0.1) is 6.42 Å². The van der Waals surface area contributed by atoms with E-state index in [1.807, 2.05) is 0 Å². The van der Waals surface area contributed by atoms with Crippen molar-refractivity contribution in [3.8, 4) is 0 Å². The van der Waals surface area contributed by atoms with Crippen molar-refractivity contribution in [1.29, 1.82) is 0 Å². The maximum Gasteiger partial charge on any atom is 1.00 e. The summed E-state index contributed by atoms with van der Waals surface area (Å²) in [4.78, 5) is 37.9. The normalized spacial score (nSPS) is 13.2. The molecule has 1 atom stereocenters. The second-order valence-corrected chi connectivity index (χ2v) is 4.77. The summed E-state index contributed by atoms with van der Waals surface area (Å²) in [6, 6.07) is 0. The first-order valence-electron chi connectivity index (χ1n) is 3.12. The van der Waals surface area contributed by atoms with Gasteiger partial charge in [-0.3, -0.25) is 14.2 Å². The molecule has 1 unspecified atom stereocenters. The van der Waals surface area contributed by atoms with E-state index in [2.05, 4.69) is 0 Å². The van der Waals surface area contributed by atoms with Crippen molar-refractivity contribution in [3.05, 3.63) is 0 Å². The molecule has 82 valence electrons. The molecule has 0 radical (unpaired) electrons. The van der Waals surface area contributed by atoms with Gasteiger partial charge in [-0.15, -0.1) is 0 Å². The van der Waals surface area contributed by atoms with E-state index in [9.17, 15) is 14.2 Å². The molecule has 0 saturated carbocycles. The summed E-state index contributed by atoms with van der Waals surface area (Å²) in [6.07, 6.45) is -1.12. The molecule has 0 aliphatic carbocycles. The summed E-state index contributed by atoms with van der Waals surface area (Å²) in [5, 5.41) is 14.2. The maximum absolute atomic E-state index is 10.7. The summed E-state index contributed by atoms with van der Waals surface area (Å²) in [5.41, 5.74) is 0. The molecule has 0 aliphatic rings. The van der Waals surface area contributed by atoms with Crippen molar-refractivity contribution < 1.29 is 127 Å². The van der Waals surface area contributed by atoms with Gasteiger partial charge >= 0.3 is 108 Å². The first-order chi connectivity index (χ1) is 5.61. The molecular weight excluding hydrogens is 272 g/mol. The number of hydrogen-bond acceptors (Lipinski definition) is 3. The predicted octanol–water partition coefficient (Wildman–Crippen LogP) is -9.17. The Kier molecular flexibility index (Phi) is 16.5. The predicted molar refractivity (Wildman–Crippen MR) is 43.7 cm³/mol. The fourth-order valence-electron chi connectivity index (χ4n) is 0.598. The zero-order chi connectivity index (χ0) is 10.9. The van der Waals surface area contributed by atoms with E-state index in [1.54, 1.807) is 0 Å². The monoisotopic (exact) mass is 284 g/mol. The Balaban J connectivity index is -0.0000000480. The minimum Gasteiger partial charge on any atom is -1.00 e. The van der Waals surface area contributed by atoms with Crippen LogP contribution in [-0.4, -0.2) is 37.1 Å². The molecule has 0 rings (SSSR count). The largest absolute Gasteiger partial charge is 1.00 e. The van der Waals surface area contributed by atoms with E-state index in [4.69, 9.17) is 20.0 Å². The SMILES string of the molecule is CC(CC(=O)O)(C(=O)O)P(=O)(O)O.[H-].[H-].[H-].[Na+].[Na+].[Na+]. The minimum absolute atomic E-state index is 0. The quantitative estimate of drug-likeness (QED) is 0.297. The van der Waals surface area contributed by atoms with E-state index in [0.717, 1.165) is 0 Å². The fourth-order valence-corrected chi connectivity index (χ4v) is 1.19. The second kappa shape index (κ2) is 9.95. The van der Waals surface area contributed by atoms with Gasteiger partial charge < -0.3 is 24.3 Å². The average Bonchev–Trinajstić information content (AvgIpc) is 1.82. The van der Waals surface area contributed by atoms with E-state index in [-0.39, 0.29) is 93.0 Å². The topological polar surface area (TPSA) is 132 Å². The molecule has 0 aliphatic heterocycles. The van der Waals surface area contributed by atoms with E-state index in [1.165, 1.54) is 0 Å². The Morgan fingerprint density at radius 2 is 1.50 bits per heavy atom. The van der Waals surface area contributed by atoms with Crippen LogP contribution in [0.3, 0.4) is 0 Å². The Labute approximate surface area is 163 Å². The van der Waals surface area contributed by atoms with Crippen molar-refractivity contribution in [3.63, 3.8) is 0 Å². The molecule has 7 nitrogen and oxygen atoms in total. The van der Waals surface area contributed by atoms with Crippen LogP contribution in [0, 0.1) is 0 Å². The van der Waals surface area contributed by atoms with Crippen LogP contribution in [0.4, 0.5) is 0 Å². The molecule has 0 amide bonds. The standard InChI is InChI=1S/C5H9O7P.3Na.3H/c1-5(4(8)9,2-3(6)7)13(10,11)12;;;;;;/h2H2,1H3,(H,6,7)(H,8,9)(H2,10,11,12);;;;;;/q;3*+1;3*-1. The van der Waals surface area contributed by atoms with Gasteiger partial charge in [0.15, 0.2) is 5.16 Å². The fraction of sp³-hybridized carbons (Fsp3) is 0.600. The van der Waals surface area contributed by atoms with Crippen LogP contribution in [0.1, 0.15) is 17.6 Å². The zero-order valence-corrected chi connectivity index (χ0v) is 16.6. The van der Waals surface area contributed by atoms with Crippen LogP contribution in [-0.2, 0) is 14.2 Å². The van der Waals surface area contributed by atoms with Crippen LogP contribution in [0.2, 0.25) is 0 Å². The van der Waals surface area contributed by atoms with E-state index in [0.29, 0.717) is 6.92 Å². The van der Waals surface area contributed by atoms with Crippen LogP contribution >= 0.6 is 7.60 Å². The molecule has 0 aromatic rings. The summed E-state index contributed by atoms with van der Waals surface area (Å²) in [5.74, 6) is -3.41. The average molecular weight is 284 g/mol. The molecule has 0 aromatic carbocycles. The summed E-state index contributed by atoms with van der Waals surface area (Å²) < 4.78 is 10.7. The zero-order valence-electron chi connectivity index (χ0n) is 12.7. The number of carbonyl (C=O) groups is 2. The van der Waals surface area contributed by atoms with Gasteiger partial charge in [-0.25, -0.2) is 0 Å². The molecule has 0 spiro atoms. The van der Waals surface area contributed by atoms with Crippen LogP contribution in [0.5, 0.6) is 0 Å². The summed E-state index contributed by atoms with van der Waals surface area (Å²) in [6.45, 7) is 0.699. The molecule has 0 bridgehead atoms. The van der Waals surface area contributed by atoms with Crippen molar-refractivity contribution >= 4 is 19.5 Å². The first-order valence-corrected chi connectivity index (χ1v) is 4.73. The van der Waals surface area contributed by atoms with Crippen LogP contribution < -0.4 is 88.7 Å². The molecule has 0 saturated heterocycles. The van der Waals surface area contributed by atoms with Crippen LogP contribution in [0.25, 0.3) is 0 Å². The van der Waals surface area contributed by atoms with Crippen molar-refractivity contribution in [2.24, 2.45) is 0 Å². The second-order valence-electron chi connectivity index (χ2n) is 2.69. The van der Waals surface area contributed by atoms with Crippen LogP contribution in [0.15, 0.2) is 0 Å². The van der Waals surface area contributed by atoms with Gasteiger partial charge in [0.1, 0.15) is 0 Å². The van der Waals surface area contributed by atoms with Gasteiger partial charge in [-0.2, -0.15) is 0 Å². The van der Waals surface area contributed by atoms with Crippen molar-refractivity contribution in [2.75, 3.05) is 0 Å². The van der Waals surface area contributed by atoms with Crippen molar-refractivity contribution in [1.82, 2.24) is 0 Å². The van der Waals surface area contributed by atoms with Gasteiger partial charge in [0.25, 0.3) is 0 Å². The van der Waals surface area contributed by atoms with E-state index < -0.39 is 31.1 Å². The van der Waals surface area contributed by atoms with Gasteiger partial charge in [0.2, 0.25) is 0 Å². The number of carboxylic acids is 2. The van der Waals surface area contributed by atoms with Crippen molar-refractivity contribution in [2.45, 2.75) is 18.5 Å². The first kappa shape index (κ1) is 26.6. The number of aliphatic carboxylic acids is 2. The maximum atomic E-state index is 10.7. The third-order valence-corrected chi connectivity index (χ3v) is 3.23. The molecular formula is C5H12Na3O7P. The molecule has 0 aromatic heterocycles. The Morgan fingerprint density at radius 1 is 1.19 bits per heavy atom. The van der Waals surface area contributed by atoms with Gasteiger partial charge in [-0.05, 0) is 6.92 Å². The minimum atomic E-state index is -4.98. The molecule has 16 heavy (non-hydrogen) atoms. The van der Waals surface area contributed by atoms with E-state index >= 15 is 0 Å².